The molecule has 0 aromatic heterocycles. The topological polar surface area (TPSA) is 68.8 Å². The maximum atomic E-state index is 12.3. The molecule has 4 rings (SSSR count). The number of amides is 2. The largest absolute Gasteiger partial charge is 0.491 e. The predicted molar refractivity (Wildman–Crippen MR) is 93.9 cm³/mol. The van der Waals surface area contributed by atoms with Crippen LogP contribution in [-0.2, 0) is 9.47 Å². The van der Waals surface area contributed by atoms with Gasteiger partial charge < -0.3 is 24.8 Å². The molecule has 136 valence electrons. The molecule has 2 amide bonds. The first-order valence-electron chi connectivity index (χ1n) is 9.31. The van der Waals surface area contributed by atoms with Crippen molar-refractivity contribution in [2.45, 2.75) is 50.4 Å². The lowest BCUT2D eigenvalue weighted by molar-refractivity contribution is 0.0680. The van der Waals surface area contributed by atoms with E-state index in [1.165, 1.54) is 12.8 Å². The van der Waals surface area contributed by atoms with E-state index < -0.39 is 0 Å². The number of anilines is 1. The van der Waals surface area contributed by atoms with Crippen molar-refractivity contribution < 1.29 is 19.0 Å². The number of rotatable bonds is 6. The standard InChI is InChI=1S/C19H26N2O4/c22-19(21-17-8-10-24-18(17)13-6-7-13)20-14-3-1-4-15(11-14)25-12-16-5-2-9-23-16/h1,3-4,11,13,16-18H,2,5-10,12H2,(H2,20,21,22)/t16?,17-,18+/m1/s1. The molecule has 2 aliphatic heterocycles. The van der Waals surface area contributed by atoms with Gasteiger partial charge in [-0.15, -0.1) is 0 Å². The van der Waals surface area contributed by atoms with Crippen molar-refractivity contribution in [1.82, 2.24) is 5.32 Å². The molecule has 0 spiro atoms. The molecule has 3 fully saturated rings. The summed E-state index contributed by atoms with van der Waals surface area (Å²) in [6, 6.07) is 7.42. The minimum Gasteiger partial charge on any atom is -0.491 e. The van der Waals surface area contributed by atoms with Crippen molar-refractivity contribution in [1.29, 1.82) is 0 Å². The van der Waals surface area contributed by atoms with Crippen LogP contribution in [0.1, 0.15) is 32.1 Å². The molecule has 1 aromatic rings. The number of urea groups is 1. The number of hydrogen-bond acceptors (Lipinski definition) is 4. The number of hydrogen-bond donors (Lipinski definition) is 2. The summed E-state index contributed by atoms with van der Waals surface area (Å²) in [6.07, 6.45) is 5.84. The van der Waals surface area contributed by atoms with Gasteiger partial charge in [-0.05, 0) is 50.2 Å². The molecular formula is C19H26N2O4. The van der Waals surface area contributed by atoms with E-state index in [0.717, 1.165) is 43.9 Å². The van der Waals surface area contributed by atoms with Gasteiger partial charge in [0.2, 0.25) is 0 Å². The van der Waals surface area contributed by atoms with Crippen molar-refractivity contribution in [3.63, 3.8) is 0 Å². The minimum absolute atomic E-state index is 0.117. The average Bonchev–Trinajstić information content (AvgIpc) is 3.12. The monoisotopic (exact) mass is 346 g/mol. The molecule has 1 saturated carbocycles. The van der Waals surface area contributed by atoms with Crippen LogP contribution in [0.5, 0.6) is 5.75 Å². The molecule has 2 heterocycles. The first-order valence-corrected chi connectivity index (χ1v) is 9.31. The van der Waals surface area contributed by atoms with Crippen LogP contribution in [0.25, 0.3) is 0 Å². The first-order chi connectivity index (χ1) is 12.3. The van der Waals surface area contributed by atoms with Crippen molar-refractivity contribution in [3.8, 4) is 5.75 Å². The summed E-state index contributed by atoms with van der Waals surface area (Å²) < 4.78 is 17.1. The third-order valence-corrected chi connectivity index (χ3v) is 5.09. The van der Waals surface area contributed by atoms with E-state index in [1.54, 1.807) is 0 Å². The summed E-state index contributed by atoms with van der Waals surface area (Å²) in [5.41, 5.74) is 0.726. The van der Waals surface area contributed by atoms with Gasteiger partial charge in [0.1, 0.15) is 12.4 Å². The molecule has 6 nitrogen and oxygen atoms in total. The fourth-order valence-corrected chi connectivity index (χ4v) is 3.62. The van der Waals surface area contributed by atoms with Gasteiger partial charge in [-0.1, -0.05) is 6.07 Å². The summed E-state index contributed by atoms with van der Waals surface area (Å²) in [6.45, 7) is 2.11. The summed E-state index contributed by atoms with van der Waals surface area (Å²) in [5, 5.41) is 5.96. The SMILES string of the molecule is O=C(Nc1cccc(OCC2CCCO2)c1)N[C@@H]1CCO[C@H]1C1CC1. The highest BCUT2D eigenvalue weighted by Gasteiger charge is 2.41. The molecule has 25 heavy (non-hydrogen) atoms. The quantitative estimate of drug-likeness (QED) is 0.831. The van der Waals surface area contributed by atoms with Gasteiger partial charge >= 0.3 is 6.03 Å². The third-order valence-electron chi connectivity index (χ3n) is 5.09. The lowest BCUT2D eigenvalue weighted by atomic mass is 10.1. The Labute approximate surface area is 148 Å². The van der Waals surface area contributed by atoms with Gasteiger partial charge in [0.05, 0.1) is 18.2 Å². The van der Waals surface area contributed by atoms with Crippen LogP contribution < -0.4 is 15.4 Å². The van der Waals surface area contributed by atoms with Crippen LogP contribution in [0.2, 0.25) is 0 Å². The Kier molecular flexibility index (Phi) is 5.08. The van der Waals surface area contributed by atoms with E-state index in [2.05, 4.69) is 10.6 Å². The number of ether oxygens (including phenoxy) is 3. The summed E-state index contributed by atoms with van der Waals surface area (Å²) in [5.74, 6) is 1.37. The minimum atomic E-state index is -0.183. The Morgan fingerprint density at radius 1 is 1.16 bits per heavy atom. The van der Waals surface area contributed by atoms with Crippen LogP contribution in [-0.4, -0.2) is 44.1 Å². The Morgan fingerprint density at radius 2 is 2.08 bits per heavy atom. The normalized spacial score (nSPS) is 28.7. The summed E-state index contributed by atoms with van der Waals surface area (Å²) >= 11 is 0. The molecule has 0 radical (unpaired) electrons. The first kappa shape index (κ1) is 16.7. The molecule has 3 aliphatic rings. The van der Waals surface area contributed by atoms with Crippen LogP contribution in [0.15, 0.2) is 24.3 Å². The molecule has 1 unspecified atom stereocenters. The Morgan fingerprint density at radius 3 is 2.88 bits per heavy atom. The predicted octanol–water partition coefficient (Wildman–Crippen LogP) is 2.93. The average molecular weight is 346 g/mol. The fraction of sp³-hybridized carbons (Fsp3) is 0.632. The van der Waals surface area contributed by atoms with Gasteiger partial charge in [-0.3, -0.25) is 0 Å². The van der Waals surface area contributed by atoms with Crippen molar-refractivity contribution in [3.05, 3.63) is 24.3 Å². The van der Waals surface area contributed by atoms with Gasteiger partial charge in [0.25, 0.3) is 0 Å². The van der Waals surface area contributed by atoms with E-state index in [4.69, 9.17) is 14.2 Å². The van der Waals surface area contributed by atoms with Crippen LogP contribution in [0, 0.1) is 5.92 Å². The van der Waals surface area contributed by atoms with Crippen molar-refractivity contribution in [2.75, 3.05) is 25.1 Å². The maximum Gasteiger partial charge on any atom is 0.319 e. The van der Waals surface area contributed by atoms with Crippen LogP contribution >= 0.6 is 0 Å². The molecule has 2 saturated heterocycles. The van der Waals surface area contributed by atoms with Gasteiger partial charge in [-0.25, -0.2) is 4.79 Å². The van der Waals surface area contributed by atoms with Crippen molar-refractivity contribution in [2.24, 2.45) is 5.92 Å². The zero-order valence-corrected chi connectivity index (χ0v) is 14.4. The second-order valence-corrected chi connectivity index (χ2v) is 7.14. The second kappa shape index (κ2) is 7.62. The van der Waals surface area contributed by atoms with E-state index >= 15 is 0 Å². The summed E-state index contributed by atoms with van der Waals surface area (Å²) in [7, 11) is 0. The van der Waals surface area contributed by atoms with Crippen LogP contribution in [0.4, 0.5) is 10.5 Å². The highest BCUT2D eigenvalue weighted by Crippen LogP contribution is 2.38. The molecule has 3 atom stereocenters. The fourth-order valence-electron chi connectivity index (χ4n) is 3.62. The molecule has 1 aliphatic carbocycles. The molecule has 0 bridgehead atoms. The smallest absolute Gasteiger partial charge is 0.319 e. The number of carbonyl (C=O) groups is 1. The lowest BCUT2D eigenvalue weighted by Crippen LogP contribution is -2.43. The van der Waals surface area contributed by atoms with Gasteiger partial charge in [-0.2, -0.15) is 0 Å². The summed E-state index contributed by atoms with van der Waals surface area (Å²) in [4.78, 5) is 12.3. The van der Waals surface area contributed by atoms with E-state index in [1.807, 2.05) is 24.3 Å². The van der Waals surface area contributed by atoms with E-state index in [0.29, 0.717) is 12.5 Å². The lowest BCUT2D eigenvalue weighted by Gasteiger charge is -2.20. The van der Waals surface area contributed by atoms with E-state index in [-0.39, 0.29) is 24.3 Å². The third kappa shape index (κ3) is 4.44. The zero-order valence-electron chi connectivity index (χ0n) is 14.4. The van der Waals surface area contributed by atoms with E-state index in [9.17, 15) is 4.79 Å². The zero-order chi connectivity index (χ0) is 17.1. The number of carbonyl (C=O) groups excluding carboxylic acids is 1. The number of benzene rings is 1. The molecule has 2 N–H and O–H groups in total. The van der Waals surface area contributed by atoms with Gasteiger partial charge in [0, 0.05) is 25.0 Å². The van der Waals surface area contributed by atoms with Crippen LogP contribution in [0.3, 0.4) is 0 Å². The highest BCUT2D eigenvalue weighted by atomic mass is 16.5. The van der Waals surface area contributed by atoms with Crippen molar-refractivity contribution >= 4 is 11.7 Å². The Balaban J connectivity index is 1.27. The Hall–Kier alpha value is -1.79. The molecule has 1 aromatic carbocycles. The highest BCUT2D eigenvalue weighted by molar-refractivity contribution is 5.89. The molecule has 6 heteroatoms. The number of nitrogens with one attached hydrogen (secondary N) is 2. The maximum absolute atomic E-state index is 12.3. The van der Waals surface area contributed by atoms with Gasteiger partial charge in [0.15, 0.2) is 0 Å². The Bertz CT molecular complexity index is 599. The molecular weight excluding hydrogens is 320 g/mol. The second-order valence-electron chi connectivity index (χ2n) is 7.14.